The third-order valence-electron chi connectivity index (χ3n) is 4.07. The van der Waals surface area contributed by atoms with Crippen LogP contribution in [0.1, 0.15) is 55.1 Å². The molecule has 1 heterocycles. The summed E-state index contributed by atoms with van der Waals surface area (Å²) in [6, 6.07) is 3.70. The molecule has 1 aromatic heterocycles. The Labute approximate surface area is 126 Å². The molecule has 0 bridgehead atoms. The largest absolute Gasteiger partial charge is 0.384 e. The molecule has 1 saturated carbocycles. The third-order valence-corrected chi connectivity index (χ3v) is 4.07. The normalized spacial score (nSPS) is 21.2. The van der Waals surface area contributed by atoms with Crippen LogP contribution in [-0.4, -0.2) is 28.6 Å². The molecule has 1 aliphatic rings. The molecular formula is C17H22N2O2. The van der Waals surface area contributed by atoms with Crippen LogP contribution in [0, 0.1) is 17.8 Å². The minimum atomic E-state index is -0.178. The molecule has 1 fully saturated rings. The van der Waals surface area contributed by atoms with E-state index in [4.69, 9.17) is 5.11 Å². The van der Waals surface area contributed by atoms with E-state index < -0.39 is 0 Å². The van der Waals surface area contributed by atoms with Crippen molar-refractivity contribution in [3.05, 3.63) is 29.6 Å². The maximum Gasteiger partial charge on any atom is 0.270 e. The lowest BCUT2D eigenvalue weighted by Gasteiger charge is -2.28. The zero-order valence-electron chi connectivity index (χ0n) is 12.4. The molecule has 1 aromatic rings. The number of aliphatic hydroxyl groups is 1. The highest BCUT2D eigenvalue weighted by molar-refractivity contribution is 5.92. The van der Waals surface area contributed by atoms with E-state index in [1.54, 1.807) is 18.3 Å². The van der Waals surface area contributed by atoms with Gasteiger partial charge in [0.15, 0.2) is 0 Å². The molecule has 0 unspecified atom stereocenters. The Morgan fingerprint density at radius 1 is 1.38 bits per heavy atom. The Morgan fingerprint density at radius 2 is 2.14 bits per heavy atom. The van der Waals surface area contributed by atoms with Crippen molar-refractivity contribution in [3.63, 3.8) is 0 Å². The molecule has 1 amide bonds. The number of rotatable bonds is 3. The molecule has 4 nitrogen and oxygen atoms in total. The van der Waals surface area contributed by atoms with Crippen LogP contribution >= 0.6 is 0 Å². The first-order valence-corrected chi connectivity index (χ1v) is 7.59. The van der Waals surface area contributed by atoms with Crippen molar-refractivity contribution >= 4 is 5.91 Å². The van der Waals surface area contributed by atoms with E-state index in [0.717, 1.165) is 18.8 Å². The second-order valence-electron chi connectivity index (χ2n) is 5.49. The molecule has 0 saturated heterocycles. The average Bonchev–Trinajstić information content (AvgIpc) is 2.54. The summed E-state index contributed by atoms with van der Waals surface area (Å²) in [7, 11) is 0. The number of aromatic nitrogens is 1. The van der Waals surface area contributed by atoms with Gasteiger partial charge in [-0.15, -0.1) is 0 Å². The summed E-state index contributed by atoms with van der Waals surface area (Å²) < 4.78 is 0. The van der Waals surface area contributed by atoms with Crippen LogP contribution in [0.15, 0.2) is 18.3 Å². The molecule has 0 radical (unpaired) electrons. The summed E-state index contributed by atoms with van der Waals surface area (Å²) >= 11 is 0. The SMILES string of the molecule is CCC1CCC(NC(=O)c2ccc(C#CCO)cn2)CC1. The number of hydrogen-bond donors (Lipinski definition) is 2. The van der Waals surface area contributed by atoms with E-state index >= 15 is 0 Å². The van der Waals surface area contributed by atoms with E-state index in [2.05, 4.69) is 29.1 Å². The van der Waals surface area contributed by atoms with Crippen molar-refractivity contribution in [3.8, 4) is 11.8 Å². The Kier molecular flexibility index (Phi) is 5.77. The van der Waals surface area contributed by atoms with Crippen molar-refractivity contribution in [2.45, 2.75) is 45.1 Å². The van der Waals surface area contributed by atoms with Gasteiger partial charge in [0.25, 0.3) is 5.91 Å². The maximum atomic E-state index is 12.1. The quantitative estimate of drug-likeness (QED) is 0.837. The summed E-state index contributed by atoms with van der Waals surface area (Å²) in [6.07, 6.45) is 7.31. The Bertz CT molecular complexity index is 520. The summed E-state index contributed by atoms with van der Waals surface area (Å²) in [5, 5.41) is 11.7. The molecule has 112 valence electrons. The maximum absolute atomic E-state index is 12.1. The number of nitrogens with zero attached hydrogens (tertiary/aromatic N) is 1. The van der Waals surface area contributed by atoms with E-state index in [1.807, 2.05) is 0 Å². The molecular weight excluding hydrogens is 264 g/mol. The lowest BCUT2D eigenvalue weighted by Crippen LogP contribution is -2.37. The predicted molar refractivity (Wildman–Crippen MR) is 81.7 cm³/mol. The van der Waals surface area contributed by atoms with E-state index in [0.29, 0.717) is 11.3 Å². The fraction of sp³-hybridized carbons (Fsp3) is 0.529. The van der Waals surface area contributed by atoms with Crippen LogP contribution in [0.3, 0.4) is 0 Å². The zero-order chi connectivity index (χ0) is 15.1. The molecule has 2 N–H and O–H groups in total. The third kappa shape index (κ3) is 4.57. The fourth-order valence-electron chi connectivity index (χ4n) is 2.72. The minimum absolute atomic E-state index is 0.114. The number of pyridine rings is 1. The average molecular weight is 286 g/mol. The Balaban J connectivity index is 1.88. The Morgan fingerprint density at radius 3 is 2.71 bits per heavy atom. The second-order valence-corrected chi connectivity index (χ2v) is 5.49. The van der Waals surface area contributed by atoms with Gasteiger partial charge in [-0.05, 0) is 43.7 Å². The van der Waals surface area contributed by atoms with Crippen molar-refractivity contribution in [1.82, 2.24) is 10.3 Å². The van der Waals surface area contributed by atoms with Crippen molar-refractivity contribution in [2.24, 2.45) is 5.92 Å². The van der Waals surface area contributed by atoms with Gasteiger partial charge in [0.2, 0.25) is 0 Å². The van der Waals surface area contributed by atoms with Crippen molar-refractivity contribution in [2.75, 3.05) is 6.61 Å². The number of aliphatic hydroxyl groups excluding tert-OH is 1. The van der Waals surface area contributed by atoms with Gasteiger partial charge in [0.05, 0.1) is 0 Å². The van der Waals surface area contributed by atoms with Crippen LogP contribution in [0.2, 0.25) is 0 Å². The lowest BCUT2D eigenvalue weighted by atomic mass is 9.84. The van der Waals surface area contributed by atoms with E-state index in [1.165, 1.54) is 19.3 Å². The number of carbonyl (C=O) groups is 1. The van der Waals surface area contributed by atoms with Gasteiger partial charge < -0.3 is 10.4 Å². The smallest absolute Gasteiger partial charge is 0.270 e. The van der Waals surface area contributed by atoms with Gasteiger partial charge in [-0.1, -0.05) is 25.2 Å². The predicted octanol–water partition coefficient (Wildman–Crippen LogP) is 2.12. The number of hydrogen-bond acceptors (Lipinski definition) is 3. The highest BCUT2D eigenvalue weighted by Crippen LogP contribution is 2.26. The zero-order valence-corrected chi connectivity index (χ0v) is 12.4. The summed E-state index contributed by atoms with van der Waals surface area (Å²) in [4.78, 5) is 16.3. The first kappa shape index (κ1) is 15.5. The van der Waals surface area contributed by atoms with Crippen molar-refractivity contribution < 1.29 is 9.90 Å². The van der Waals surface area contributed by atoms with Gasteiger partial charge in [0.1, 0.15) is 12.3 Å². The molecule has 0 aromatic carbocycles. The van der Waals surface area contributed by atoms with Gasteiger partial charge in [0, 0.05) is 17.8 Å². The monoisotopic (exact) mass is 286 g/mol. The standard InChI is InChI=1S/C17H22N2O2/c1-2-13-5-8-15(9-6-13)19-17(21)16-10-7-14(12-18-16)4-3-11-20/h7,10,12-13,15,20H,2,5-6,8-9,11H2,1H3,(H,19,21). The number of amides is 1. The van der Waals surface area contributed by atoms with Gasteiger partial charge in [-0.3, -0.25) is 4.79 Å². The molecule has 2 rings (SSSR count). The minimum Gasteiger partial charge on any atom is -0.384 e. The summed E-state index contributed by atoms with van der Waals surface area (Å²) in [5.74, 6) is 6.02. The van der Waals surface area contributed by atoms with Crippen LogP contribution in [0.4, 0.5) is 0 Å². The number of carbonyl (C=O) groups excluding carboxylic acids is 1. The highest BCUT2D eigenvalue weighted by Gasteiger charge is 2.21. The van der Waals surface area contributed by atoms with Gasteiger partial charge in [-0.2, -0.15) is 0 Å². The Hall–Kier alpha value is -1.86. The lowest BCUT2D eigenvalue weighted by molar-refractivity contribution is 0.0916. The second kappa shape index (κ2) is 7.80. The van der Waals surface area contributed by atoms with Crippen molar-refractivity contribution in [1.29, 1.82) is 0 Å². The first-order valence-electron chi connectivity index (χ1n) is 7.59. The summed E-state index contributed by atoms with van der Waals surface area (Å²) in [5.41, 5.74) is 1.12. The molecule has 21 heavy (non-hydrogen) atoms. The number of nitrogens with one attached hydrogen (secondary N) is 1. The molecule has 0 atom stereocenters. The summed E-state index contributed by atoms with van der Waals surface area (Å²) in [6.45, 7) is 2.05. The first-order chi connectivity index (χ1) is 10.2. The van der Waals surface area contributed by atoms with Crippen LogP contribution in [0.5, 0.6) is 0 Å². The molecule has 0 aliphatic heterocycles. The molecule has 1 aliphatic carbocycles. The topological polar surface area (TPSA) is 62.2 Å². The van der Waals surface area contributed by atoms with E-state index in [-0.39, 0.29) is 18.6 Å². The van der Waals surface area contributed by atoms with Gasteiger partial charge >= 0.3 is 0 Å². The highest BCUT2D eigenvalue weighted by atomic mass is 16.2. The van der Waals surface area contributed by atoms with Crippen LogP contribution in [0.25, 0.3) is 0 Å². The molecule has 0 spiro atoms. The van der Waals surface area contributed by atoms with Crippen LogP contribution in [-0.2, 0) is 0 Å². The molecule has 4 heteroatoms. The van der Waals surface area contributed by atoms with Gasteiger partial charge in [-0.25, -0.2) is 4.98 Å². The fourth-order valence-corrected chi connectivity index (χ4v) is 2.72. The van der Waals surface area contributed by atoms with Crippen LogP contribution < -0.4 is 5.32 Å². The van der Waals surface area contributed by atoms with E-state index in [9.17, 15) is 4.79 Å².